The van der Waals surface area contributed by atoms with Crippen molar-refractivity contribution in [3.05, 3.63) is 46.5 Å². The Morgan fingerprint density at radius 1 is 1.21 bits per heavy atom. The Morgan fingerprint density at radius 3 is 2.55 bits per heavy atom. The third-order valence-corrected chi connectivity index (χ3v) is 6.74. The van der Waals surface area contributed by atoms with Crippen molar-refractivity contribution in [2.45, 2.75) is 24.9 Å². The van der Waals surface area contributed by atoms with Gasteiger partial charge in [-0.3, -0.25) is 4.79 Å². The second kappa shape index (κ2) is 6.35. The van der Waals surface area contributed by atoms with Gasteiger partial charge in [-0.2, -0.15) is 13.2 Å². The van der Waals surface area contributed by atoms with Gasteiger partial charge in [0.2, 0.25) is 0 Å². The van der Waals surface area contributed by atoms with Crippen molar-refractivity contribution in [1.82, 2.24) is 4.98 Å². The van der Waals surface area contributed by atoms with Crippen LogP contribution in [0.1, 0.15) is 39.7 Å². The van der Waals surface area contributed by atoms with Crippen molar-refractivity contribution < 1.29 is 18.0 Å². The van der Waals surface area contributed by atoms with Gasteiger partial charge in [-0.25, -0.2) is 4.98 Å². The summed E-state index contributed by atoms with van der Waals surface area (Å²) in [6.45, 7) is 2.02. The number of piperidine rings is 1. The van der Waals surface area contributed by atoms with Crippen LogP contribution in [0.5, 0.6) is 0 Å². The van der Waals surface area contributed by atoms with Crippen LogP contribution < -0.4 is 16.0 Å². The molecular formula is C20H17F3N4OS. The van der Waals surface area contributed by atoms with E-state index in [9.17, 15) is 18.0 Å². The molecule has 0 radical (unpaired) electrons. The summed E-state index contributed by atoms with van der Waals surface area (Å²) in [4.78, 5) is 20.8. The number of alkyl halides is 3. The number of nitrogens with one attached hydrogen (secondary N) is 1. The molecule has 1 fully saturated rings. The summed E-state index contributed by atoms with van der Waals surface area (Å²) in [5.41, 5.74) is 8.28. The zero-order valence-electron chi connectivity index (χ0n) is 15.2. The van der Waals surface area contributed by atoms with Crippen LogP contribution >= 0.6 is 11.3 Å². The van der Waals surface area contributed by atoms with Gasteiger partial charge in [-0.1, -0.05) is 0 Å². The van der Waals surface area contributed by atoms with E-state index in [-0.39, 0.29) is 5.69 Å². The van der Waals surface area contributed by atoms with E-state index in [1.54, 1.807) is 0 Å². The molecule has 9 heteroatoms. The molecule has 2 aromatic heterocycles. The Kier molecular flexibility index (Phi) is 3.99. The second-order valence-electron chi connectivity index (χ2n) is 7.38. The number of carbonyl (C=O) groups excluding carboxylic acids is 1. The minimum absolute atomic E-state index is 0.274. The third-order valence-electron chi connectivity index (χ3n) is 5.63. The number of anilines is 3. The summed E-state index contributed by atoms with van der Waals surface area (Å²) in [5.74, 6) is -0.00124. The Labute approximate surface area is 168 Å². The zero-order chi connectivity index (χ0) is 20.3. The highest BCUT2D eigenvalue weighted by Crippen LogP contribution is 2.45. The number of nitrogens with zero attached hydrogens (tertiary/aromatic N) is 2. The minimum Gasteiger partial charge on any atom is -0.397 e. The van der Waals surface area contributed by atoms with Crippen molar-refractivity contribution >= 4 is 44.5 Å². The number of nitrogen functional groups attached to an aromatic ring is 1. The van der Waals surface area contributed by atoms with Crippen LogP contribution in [0, 0.1) is 0 Å². The normalized spacial score (nSPS) is 16.3. The maximum absolute atomic E-state index is 12.7. The predicted octanol–water partition coefficient (Wildman–Crippen LogP) is 4.85. The number of rotatable bonds is 2. The first-order valence-electron chi connectivity index (χ1n) is 9.28. The highest BCUT2D eigenvalue weighted by molar-refractivity contribution is 7.21. The number of hydrogen-bond acceptors (Lipinski definition) is 5. The molecule has 0 unspecified atom stereocenters. The van der Waals surface area contributed by atoms with Crippen molar-refractivity contribution in [3.8, 4) is 0 Å². The fourth-order valence-electron chi connectivity index (χ4n) is 4.09. The Morgan fingerprint density at radius 2 is 1.90 bits per heavy atom. The molecule has 0 saturated carbocycles. The second-order valence-corrected chi connectivity index (χ2v) is 8.38. The van der Waals surface area contributed by atoms with E-state index in [2.05, 4.69) is 10.2 Å². The monoisotopic (exact) mass is 418 g/mol. The molecule has 0 spiro atoms. The van der Waals surface area contributed by atoms with Crippen LogP contribution in [-0.2, 0) is 6.18 Å². The summed E-state index contributed by atoms with van der Waals surface area (Å²) in [6, 6.07) is 6.34. The predicted molar refractivity (Wildman–Crippen MR) is 108 cm³/mol. The smallest absolute Gasteiger partial charge is 0.397 e. The molecule has 2 bridgehead atoms. The number of amides is 1. The molecule has 3 aromatic rings. The van der Waals surface area contributed by atoms with Crippen LogP contribution in [0.25, 0.3) is 10.2 Å². The summed E-state index contributed by atoms with van der Waals surface area (Å²) < 4.78 is 38.1. The van der Waals surface area contributed by atoms with Gasteiger partial charge < -0.3 is 16.0 Å². The molecule has 3 aliphatic heterocycles. The van der Waals surface area contributed by atoms with Crippen molar-refractivity contribution in [1.29, 1.82) is 0 Å². The first-order chi connectivity index (χ1) is 13.8. The molecule has 1 saturated heterocycles. The molecule has 3 aliphatic rings. The van der Waals surface area contributed by atoms with Gasteiger partial charge >= 0.3 is 6.18 Å². The van der Waals surface area contributed by atoms with E-state index >= 15 is 0 Å². The van der Waals surface area contributed by atoms with Crippen molar-refractivity contribution in [2.24, 2.45) is 0 Å². The maximum atomic E-state index is 12.7. The molecule has 0 aliphatic carbocycles. The summed E-state index contributed by atoms with van der Waals surface area (Å²) in [7, 11) is 0. The van der Waals surface area contributed by atoms with Crippen LogP contribution in [0.4, 0.5) is 30.2 Å². The van der Waals surface area contributed by atoms with E-state index in [1.165, 1.54) is 23.5 Å². The Balaban J connectivity index is 1.46. The van der Waals surface area contributed by atoms with Crippen molar-refractivity contribution in [3.63, 3.8) is 0 Å². The van der Waals surface area contributed by atoms with Crippen molar-refractivity contribution in [2.75, 3.05) is 29.0 Å². The lowest BCUT2D eigenvalue weighted by Crippen LogP contribution is -2.39. The number of nitrogens with two attached hydrogens (primary N) is 1. The van der Waals surface area contributed by atoms with E-state index < -0.39 is 17.6 Å². The number of hydrogen-bond donors (Lipinski definition) is 2. The van der Waals surface area contributed by atoms with Gasteiger partial charge in [-0.15, -0.1) is 11.3 Å². The number of benzene rings is 1. The largest absolute Gasteiger partial charge is 0.416 e. The molecule has 5 nitrogen and oxygen atoms in total. The topological polar surface area (TPSA) is 71.2 Å². The van der Waals surface area contributed by atoms with Crippen LogP contribution in [0.3, 0.4) is 0 Å². The molecule has 6 rings (SSSR count). The SMILES string of the molecule is Nc1c(C(=O)Nc2ccc(C(F)(F)F)cc2)sc2nc3c(cc12)N1CCC3CC1. The first kappa shape index (κ1) is 18.2. The van der Waals surface area contributed by atoms with E-state index in [0.29, 0.717) is 21.3 Å². The fraction of sp³-hybridized carbons (Fsp3) is 0.300. The van der Waals surface area contributed by atoms with Crippen LogP contribution in [-0.4, -0.2) is 24.0 Å². The van der Waals surface area contributed by atoms with Gasteiger partial charge in [0.15, 0.2) is 0 Å². The molecular weight excluding hydrogens is 401 g/mol. The molecule has 5 heterocycles. The number of carbonyl (C=O) groups is 1. The van der Waals surface area contributed by atoms with E-state index in [0.717, 1.165) is 54.8 Å². The van der Waals surface area contributed by atoms with Gasteiger partial charge in [-0.05, 0) is 43.2 Å². The molecule has 3 N–H and O–H groups in total. The minimum atomic E-state index is -4.42. The lowest BCUT2D eigenvalue weighted by molar-refractivity contribution is -0.137. The van der Waals surface area contributed by atoms with Gasteiger partial charge in [0.1, 0.15) is 9.71 Å². The number of halogens is 3. The van der Waals surface area contributed by atoms with Crippen LogP contribution in [0.2, 0.25) is 0 Å². The molecule has 1 amide bonds. The molecule has 29 heavy (non-hydrogen) atoms. The quantitative estimate of drug-likeness (QED) is 0.624. The summed E-state index contributed by atoms with van der Waals surface area (Å²) in [6.07, 6.45) is -2.24. The van der Waals surface area contributed by atoms with E-state index in [4.69, 9.17) is 10.7 Å². The van der Waals surface area contributed by atoms with Gasteiger partial charge in [0.05, 0.1) is 22.6 Å². The van der Waals surface area contributed by atoms with E-state index in [1.807, 2.05) is 6.07 Å². The highest BCUT2D eigenvalue weighted by atomic mass is 32.1. The maximum Gasteiger partial charge on any atom is 0.416 e. The number of thiophene rings is 1. The average molecular weight is 418 g/mol. The third kappa shape index (κ3) is 3.00. The fourth-order valence-corrected chi connectivity index (χ4v) is 5.07. The highest BCUT2D eigenvalue weighted by Gasteiger charge is 2.33. The van der Waals surface area contributed by atoms with Crippen LogP contribution in [0.15, 0.2) is 30.3 Å². The number of pyridine rings is 1. The first-order valence-corrected chi connectivity index (χ1v) is 10.1. The summed E-state index contributed by atoms with van der Waals surface area (Å²) in [5, 5.41) is 3.37. The Bertz CT molecular complexity index is 1120. The number of fused-ring (bicyclic) bond motifs is 3. The Hall–Kier alpha value is -2.81. The van der Waals surface area contributed by atoms with Gasteiger partial charge in [0, 0.05) is 30.1 Å². The molecule has 150 valence electrons. The molecule has 0 atom stereocenters. The lowest BCUT2D eigenvalue weighted by atomic mass is 9.86. The lowest BCUT2D eigenvalue weighted by Gasteiger charge is -2.41. The molecule has 1 aromatic carbocycles. The zero-order valence-corrected chi connectivity index (χ0v) is 16.0. The van der Waals surface area contributed by atoms with Gasteiger partial charge in [0.25, 0.3) is 5.91 Å². The average Bonchev–Trinajstić information content (AvgIpc) is 3.03. The number of aromatic nitrogens is 1. The standard InChI is InChI=1S/C20H17F3N4OS/c21-20(22,23)11-1-3-12(4-2-11)25-18(28)17-15(24)13-9-14-16(26-19(13)29-17)10-5-7-27(14)8-6-10/h1-4,9-10H,5-8,24H2,(H,25,28). The summed E-state index contributed by atoms with van der Waals surface area (Å²) >= 11 is 1.21.